The zero-order chi connectivity index (χ0) is 16.5. The molecule has 0 fully saturated rings. The fourth-order valence-corrected chi connectivity index (χ4v) is 1.74. The number of amides is 2. The zero-order valence-corrected chi connectivity index (χ0v) is 13.8. The molecule has 0 saturated carbocycles. The van der Waals surface area contributed by atoms with Crippen molar-refractivity contribution < 1.29 is 14.5 Å². The van der Waals surface area contributed by atoms with Crippen LogP contribution < -0.4 is 16.0 Å². The Bertz CT molecular complexity index is 553. The molecule has 0 spiro atoms. The number of carbonyl (C=O) groups is 2. The van der Waals surface area contributed by atoms with E-state index < -0.39 is 16.9 Å². The van der Waals surface area contributed by atoms with Gasteiger partial charge in [0.05, 0.1) is 4.92 Å². The molecule has 0 saturated heterocycles. The van der Waals surface area contributed by atoms with Crippen molar-refractivity contribution in [3.8, 4) is 0 Å². The van der Waals surface area contributed by atoms with Crippen LogP contribution in [-0.2, 0) is 4.79 Å². The molecule has 0 aliphatic carbocycles. The molecule has 0 aliphatic rings. The summed E-state index contributed by atoms with van der Waals surface area (Å²) in [4.78, 5) is 33.9. The van der Waals surface area contributed by atoms with Gasteiger partial charge in [-0.3, -0.25) is 19.7 Å². The molecule has 0 aromatic heterocycles. The van der Waals surface area contributed by atoms with Crippen LogP contribution in [0.5, 0.6) is 0 Å². The van der Waals surface area contributed by atoms with Crippen LogP contribution in [0.1, 0.15) is 23.7 Å². The monoisotopic (exact) mass is 344 g/mol. The molecular formula is C14H21ClN4O4. The predicted molar refractivity (Wildman–Crippen MR) is 88.8 cm³/mol. The first kappa shape index (κ1) is 20.8. The second-order valence-electron chi connectivity index (χ2n) is 4.75. The van der Waals surface area contributed by atoms with E-state index >= 15 is 0 Å². The first-order valence-electron chi connectivity index (χ1n) is 6.93. The van der Waals surface area contributed by atoms with Gasteiger partial charge in [-0.2, -0.15) is 0 Å². The molecule has 1 rings (SSSR count). The average Bonchev–Trinajstić information content (AvgIpc) is 2.51. The lowest BCUT2D eigenvalue weighted by molar-refractivity contribution is -0.384. The molecule has 23 heavy (non-hydrogen) atoms. The molecule has 0 heterocycles. The van der Waals surface area contributed by atoms with Crippen molar-refractivity contribution in [3.63, 3.8) is 0 Å². The van der Waals surface area contributed by atoms with E-state index in [0.717, 1.165) is 13.0 Å². The van der Waals surface area contributed by atoms with E-state index in [1.165, 1.54) is 24.3 Å². The second-order valence-corrected chi connectivity index (χ2v) is 4.75. The van der Waals surface area contributed by atoms with Crippen molar-refractivity contribution in [2.24, 2.45) is 0 Å². The molecule has 0 radical (unpaired) electrons. The summed E-state index contributed by atoms with van der Waals surface area (Å²) in [5, 5.41) is 18.9. The number of hydrogen-bond acceptors (Lipinski definition) is 5. The highest BCUT2D eigenvalue weighted by Gasteiger charge is 2.17. The third-order valence-electron chi connectivity index (χ3n) is 2.96. The predicted octanol–water partition coefficient (Wildman–Crippen LogP) is 0.861. The molecule has 0 aliphatic heterocycles. The summed E-state index contributed by atoms with van der Waals surface area (Å²) in [6, 6.07) is 4.64. The van der Waals surface area contributed by atoms with Gasteiger partial charge in [0.15, 0.2) is 0 Å². The van der Waals surface area contributed by atoms with Gasteiger partial charge in [-0.1, -0.05) is 6.07 Å². The Morgan fingerprint density at radius 1 is 1.30 bits per heavy atom. The highest BCUT2D eigenvalue weighted by molar-refractivity contribution is 5.97. The molecule has 1 aromatic carbocycles. The number of nitrogens with zero attached hydrogens (tertiary/aromatic N) is 1. The summed E-state index contributed by atoms with van der Waals surface area (Å²) >= 11 is 0. The van der Waals surface area contributed by atoms with Gasteiger partial charge in [0.25, 0.3) is 11.6 Å². The standard InChI is InChI=1S/C14H20N4O4.ClH/c1-10(13(19)16-8-4-7-15-2)17-14(20)11-5-3-6-12(9-11)18(21)22;/h3,5-6,9-10,15H,4,7-8H2,1-2H3,(H,16,19)(H,17,20);1H. The van der Waals surface area contributed by atoms with Crippen LogP contribution in [0.15, 0.2) is 24.3 Å². The molecule has 3 N–H and O–H groups in total. The molecule has 0 bridgehead atoms. The zero-order valence-electron chi connectivity index (χ0n) is 13.0. The lowest BCUT2D eigenvalue weighted by Gasteiger charge is -2.14. The Balaban J connectivity index is 0.00000484. The number of benzene rings is 1. The van der Waals surface area contributed by atoms with Crippen molar-refractivity contribution in [1.29, 1.82) is 0 Å². The second kappa shape index (κ2) is 10.5. The van der Waals surface area contributed by atoms with Gasteiger partial charge in [0.2, 0.25) is 5.91 Å². The molecule has 8 nitrogen and oxygen atoms in total. The summed E-state index contributed by atoms with van der Waals surface area (Å²) in [7, 11) is 1.82. The molecule has 1 unspecified atom stereocenters. The number of nitro benzene ring substituents is 1. The Labute approximate surface area is 140 Å². The van der Waals surface area contributed by atoms with Crippen LogP contribution in [0, 0.1) is 10.1 Å². The van der Waals surface area contributed by atoms with Gasteiger partial charge >= 0.3 is 0 Å². The van der Waals surface area contributed by atoms with Crippen LogP contribution in [0.3, 0.4) is 0 Å². The lowest BCUT2D eigenvalue weighted by Crippen LogP contribution is -2.45. The van der Waals surface area contributed by atoms with Crippen LogP contribution in [0.4, 0.5) is 5.69 Å². The number of carbonyl (C=O) groups excluding carboxylic acids is 2. The highest BCUT2D eigenvalue weighted by Crippen LogP contribution is 2.13. The summed E-state index contributed by atoms with van der Waals surface area (Å²) < 4.78 is 0. The first-order chi connectivity index (χ1) is 10.5. The molecule has 1 atom stereocenters. The van der Waals surface area contributed by atoms with Crippen LogP contribution in [0.2, 0.25) is 0 Å². The van der Waals surface area contributed by atoms with E-state index in [0.29, 0.717) is 6.54 Å². The van der Waals surface area contributed by atoms with E-state index in [-0.39, 0.29) is 29.6 Å². The lowest BCUT2D eigenvalue weighted by atomic mass is 10.1. The SMILES string of the molecule is CNCCCNC(=O)C(C)NC(=O)c1cccc([N+](=O)[O-])c1.Cl. The number of nitrogens with one attached hydrogen (secondary N) is 3. The smallest absolute Gasteiger partial charge is 0.270 e. The highest BCUT2D eigenvalue weighted by atomic mass is 35.5. The van der Waals surface area contributed by atoms with Gasteiger partial charge in [0, 0.05) is 24.2 Å². The summed E-state index contributed by atoms with van der Waals surface area (Å²) in [6.07, 6.45) is 0.786. The number of rotatable bonds is 8. The summed E-state index contributed by atoms with van der Waals surface area (Å²) in [6.45, 7) is 2.86. The number of non-ortho nitro benzene ring substituents is 1. The number of hydrogen-bond donors (Lipinski definition) is 3. The maximum atomic E-state index is 12.0. The molecule has 9 heteroatoms. The normalized spacial score (nSPS) is 11.0. The van der Waals surface area contributed by atoms with Gasteiger partial charge < -0.3 is 16.0 Å². The Morgan fingerprint density at radius 3 is 2.61 bits per heavy atom. The fraction of sp³-hybridized carbons (Fsp3) is 0.429. The Kier molecular flexibility index (Phi) is 9.52. The molecular weight excluding hydrogens is 324 g/mol. The third-order valence-corrected chi connectivity index (χ3v) is 2.96. The Hall–Kier alpha value is -2.19. The van der Waals surface area contributed by atoms with E-state index in [1.54, 1.807) is 6.92 Å². The first-order valence-corrected chi connectivity index (χ1v) is 6.93. The van der Waals surface area contributed by atoms with E-state index in [4.69, 9.17) is 0 Å². The minimum absolute atomic E-state index is 0. The topological polar surface area (TPSA) is 113 Å². The fourth-order valence-electron chi connectivity index (χ4n) is 1.74. The van der Waals surface area contributed by atoms with Crippen molar-refractivity contribution in [2.45, 2.75) is 19.4 Å². The van der Waals surface area contributed by atoms with Gasteiger partial charge in [0.1, 0.15) is 6.04 Å². The maximum absolute atomic E-state index is 12.0. The number of nitro groups is 1. The van der Waals surface area contributed by atoms with Crippen molar-refractivity contribution in [2.75, 3.05) is 20.1 Å². The van der Waals surface area contributed by atoms with Gasteiger partial charge in [-0.25, -0.2) is 0 Å². The summed E-state index contributed by atoms with van der Waals surface area (Å²) in [5.41, 5.74) is -0.0270. The molecule has 128 valence electrons. The minimum Gasteiger partial charge on any atom is -0.354 e. The van der Waals surface area contributed by atoms with Crippen LogP contribution in [0.25, 0.3) is 0 Å². The molecule has 1 aromatic rings. The van der Waals surface area contributed by atoms with Crippen molar-refractivity contribution in [3.05, 3.63) is 39.9 Å². The van der Waals surface area contributed by atoms with Gasteiger partial charge in [-0.05, 0) is 33.0 Å². The average molecular weight is 345 g/mol. The number of halogens is 1. The largest absolute Gasteiger partial charge is 0.354 e. The quantitative estimate of drug-likeness (QED) is 0.368. The molecule has 2 amide bonds. The minimum atomic E-state index is -0.721. The van der Waals surface area contributed by atoms with Crippen LogP contribution in [-0.4, -0.2) is 42.9 Å². The van der Waals surface area contributed by atoms with Gasteiger partial charge in [-0.15, -0.1) is 12.4 Å². The summed E-state index contributed by atoms with van der Waals surface area (Å²) in [5.74, 6) is -0.823. The van der Waals surface area contributed by atoms with E-state index in [1.807, 2.05) is 7.05 Å². The van der Waals surface area contributed by atoms with Crippen molar-refractivity contribution in [1.82, 2.24) is 16.0 Å². The maximum Gasteiger partial charge on any atom is 0.270 e. The van der Waals surface area contributed by atoms with E-state index in [2.05, 4.69) is 16.0 Å². The van der Waals surface area contributed by atoms with Crippen LogP contribution >= 0.6 is 12.4 Å². The van der Waals surface area contributed by atoms with E-state index in [9.17, 15) is 19.7 Å². The Morgan fingerprint density at radius 2 is 2.00 bits per heavy atom. The van der Waals surface area contributed by atoms with Crippen molar-refractivity contribution >= 4 is 29.9 Å². The third kappa shape index (κ3) is 7.07.